The summed E-state index contributed by atoms with van der Waals surface area (Å²) in [6.45, 7) is 4.26. The molecule has 26 heavy (non-hydrogen) atoms. The molecule has 1 aliphatic rings. The largest absolute Gasteiger partial charge is 0.339 e. The van der Waals surface area contributed by atoms with Gasteiger partial charge in [-0.2, -0.15) is 11.8 Å². The van der Waals surface area contributed by atoms with E-state index in [-0.39, 0.29) is 11.8 Å². The molecule has 0 radical (unpaired) electrons. The maximum Gasteiger partial charge on any atom is 0.276 e. The minimum Gasteiger partial charge on any atom is -0.339 e. The Balaban J connectivity index is 1.55. The van der Waals surface area contributed by atoms with Crippen LogP contribution in [0.5, 0.6) is 0 Å². The third-order valence-electron chi connectivity index (χ3n) is 4.17. The van der Waals surface area contributed by atoms with Gasteiger partial charge >= 0.3 is 0 Å². The highest BCUT2D eigenvalue weighted by molar-refractivity contribution is 7.99. The summed E-state index contributed by atoms with van der Waals surface area (Å²) >= 11 is 1.85. The standard InChI is InChI=1S/C17H22N6O2S/c1-13-4-3-5-14(18-13)16(24)21(2)6-7-23-12-15(19-20-23)17(25)22-8-10-26-11-9-22/h3-5,12H,6-11H2,1-2H3. The molecular weight excluding hydrogens is 352 g/mol. The highest BCUT2D eigenvalue weighted by atomic mass is 32.2. The zero-order valence-electron chi connectivity index (χ0n) is 15.0. The number of aryl methyl sites for hydroxylation is 1. The summed E-state index contributed by atoms with van der Waals surface area (Å²) < 4.78 is 1.60. The van der Waals surface area contributed by atoms with Crippen LogP contribution in [0.3, 0.4) is 0 Å². The second kappa shape index (κ2) is 8.31. The number of amides is 2. The Morgan fingerprint density at radius 3 is 2.73 bits per heavy atom. The summed E-state index contributed by atoms with van der Waals surface area (Å²) in [7, 11) is 1.72. The molecule has 1 aliphatic heterocycles. The quantitative estimate of drug-likeness (QED) is 0.775. The zero-order valence-corrected chi connectivity index (χ0v) is 15.8. The molecule has 2 aromatic heterocycles. The van der Waals surface area contributed by atoms with Crippen LogP contribution in [0, 0.1) is 6.92 Å². The third-order valence-corrected chi connectivity index (χ3v) is 5.12. The minimum absolute atomic E-state index is 0.0788. The Morgan fingerprint density at radius 1 is 1.23 bits per heavy atom. The summed E-state index contributed by atoms with van der Waals surface area (Å²) in [4.78, 5) is 32.4. The van der Waals surface area contributed by atoms with Crippen molar-refractivity contribution in [2.24, 2.45) is 0 Å². The molecule has 2 aromatic rings. The van der Waals surface area contributed by atoms with Crippen LogP contribution in [-0.4, -0.2) is 79.8 Å². The van der Waals surface area contributed by atoms with Gasteiger partial charge in [0.15, 0.2) is 5.69 Å². The lowest BCUT2D eigenvalue weighted by Gasteiger charge is -2.25. The lowest BCUT2D eigenvalue weighted by Crippen LogP contribution is -2.38. The summed E-state index contributed by atoms with van der Waals surface area (Å²) in [5.41, 5.74) is 1.58. The van der Waals surface area contributed by atoms with Gasteiger partial charge in [-0.25, -0.2) is 9.67 Å². The molecule has 0 bridgehead atoms. The van der Waals surface area contributed by atoms with Crippen LogP contribution in [-0.2, 0) is 6.54 Å². The number of hydrogen-bond acceptors (Lipinski definition) is 6. The summed E-state index contributed by atoms with van der Waals surface area (Å²) in [6, 6.07) is 5.37. The predicted molar refractivity (Wildman–Crippen MR) is 99.2 cm³/mol. The fourth-order valence-corrected chi connectivity index (χ4v) is 3.55. The van der Waals surface area contributed by atoms with Crippen LogP contribution < -0.4 is 0 Å². The monoisotopic (exact) mass is 374 g/mol. The fraction of sp³-hybridized carbons (Fsp3) is 0.471. The average molecular weight is 374 g/mol. The van der Waals surface area contributed by atoms with Crippen molar-refractivity contribution in [1.29, 1.82) is 0 Å². The molecule has 9 heteroatoms. The van der Waals surface area contributed by atoms with Gasteiger partial charge in [-0.1, -0.05) is 11.3 Å². The predicted octanol–water partition coefficient (Wildman–Crippen LogP) is 0.943. The van der Waals surface area contributed by atoms with Crippen molar-refractivity contribution < 1.29 is 9.59 Å². The SMILES string of the molecule is Cc1cccc(C(=O)N(C)CCn2cc(C(=O)N3CCSCC3)nn2)n1. The average Bonchev–Trinajstić information content (AvgIpc) is 3.14. The van der Waals surface area contributed by atoms with E-state index in [2.05, 4.69) is 15.3 Å². The molecule has 2 amide bonds. The normalized spacial score (nSPS) is 14.3. The molecule has 3 rings (SSSR count). The molecule has 1 saturated heterocycles. The van der Waals surface area contributed by atoms with E-state index in [9.17, 15) is 9.59 Å². The van der Waals surface area contributed by atoms with E-state index in [4.69, 9.17) is 0 Å². The molecule has 0 saturated carbocycles. The maximum atomic E-state index is 12.4. The van der Waals surface area contributed by atoms with E-state index in [1.54, 1.807) is 28.9 Å². The molecule has 0 aromatic carbocycles. The molecule has 138 valence electrons. The van der Waals surface area contributed by atoms with E-state index in [0.717, 1.165) is 30.3 Å². The topological polar surface area (TPSA) is 84.2 Å². The van der Waals surface area contributed by atoms with Crippen molar-refractivity contribution in [3.8, 4) is 0 Å². The number of carbonyl (C=O) groups excluding carboxylic acids is 2. The smallest absolute Gasteiger partial charge is 0.276 e. The van der Waals surface area contributed by atoms with Crippen molar-refractivity contribution in [3.63, 3.8) is 0 Å². The number of carbonyl (C=O) groups is 2. The first kappa shape index (κ1) is 18.4. The molecular formula is C17H22N6O2S. The Hall–Kier alpha value is -2.42. The molecule has 0 aliphatic carbocycles. The van der Waals surface area contributed by atoms with E-state index >= 15 is 0 Å². The zero-order chi connectivity index (χ0) is 18.5. The second-order valence-electron chi connectivity index (χ2n) is 6.16. The number of likely N-dealkylation sites (N-methyl/N-ethyl adjacent to an activating group) is 1. The van der Waals surface area contributed by atoms with Crippen LogP contribution in [0.4, 0.5) is 0 Å². The van der Waals surface area contributed by atoms with Crippen molar-refractivity contribution >= 4 is 23.6 Å². The molecule has 0 unspecified atom stereocenters. The number of thioether (sulfide) groups is 1. The number of hydrogen-bond donors (Lipinski definition) is 0. The first-order valence-corrected chi connectivity index (χ1v) is 9.66. The van der Waals surface area contributed by atoms with Crippen LogP contribution in [0.25, 0.3) is 0 Å². The Labute approximate surface area is 156 Å². The second-order valence-corrected chi connectivity index (χ2v) is 7.39. The van der Waals surface area contributed by atoms with Crippen LogP contribution in [0.15, 0.2) is 24.4 Å². The highest BCUT2D eigenvalue weighted by Crippen LogP contribution is 2.11. The molecule has 8 nitrogen and oxygen atoms in total. The van der Waals surface area contributed by atoms with Gasteiger partial charge in [0, 0.05) is 43.9 Å². The summed E-state index contributed by atoms with van der Waals surface area (Å²) in [6.07, 6.45) is 1.65. The molecule has 0 spiro atoms. The summed E-state index contributed by atoms with van der Waals surface area (Å²) in [5.74, 6) is 1.69. The molecule has 0 N–H and O–H groups in total. The van der Waals surface area contributed by atoms with Crippen molar-refractivity contribution in [3.05, 3.63) is 41.5 Å². The van der Waals surface area contributed by atoms with Crippen molar-refractivity contribution in [1.82, 2.24) is 29.8 Å². The number of pyridine rings is 1. The summed E-state index contributed by atoms with van der Waals surface area (Å²) in [5, 5.41) is 7.99. The maximum absolute atomic E-state index is 12.4. The first-order chi connectivity index (χ1) is 12.5. The van der Waals surface area contributed by atoms with Gasteiger partial charge in [0.05, 0.1) is 12.7 Å². The van der Waals surface area contributed by atoms with Gasteiger partial charge in [-0.3, -0.25) is 9.59 Å². The van der Waals surface area contributed by atoms with E-state index in [1.165, 1.54) is 0 Å². The molecule has 0 atom stereocenters. The minimum atomic E-state index is -0.143. The van der Waals surface area contributed by atoms with Gasteiger partial charge in [-0.05, 0) is 19.1 Å². The van der Waals surface area contributed by atoms with Crippen LogP contribution >= 0.6 is 11.8 Å². The lowest BCUT2D eigenvalue weighted by molar-refractivity contribution is 0.0762. The number of nitrogens with zero attached hydrogens (tertiary/aromatic N) is 6. The van der Waals surface area contributed by atoms with Crippen LogP contribution in [0.2, 0.25) is 0 Å². The third kappa shape index (κ3) is 4.40. The van der Waals surface area contributed by atoms with Gasteiger partial charge < -0.3 is 9.80 Å². The Bertz CT molecular complexity index is 787. The number of aromatic nitrogens is 4. The van der Waals surface area contributed by atoms with Crippen molar-refractivity contribution in [2.75, 3.05) is 38.2 Å². The molecule has 3 heterocycles. The van der Waals surface area contributed by atoms with Gasteiger partial charge in [0.25, 0.3) is 11.8 Å². The lowest BCUT2D eigenvalue weighted by atomic mass is 10.3. The highest BCUT2D eigenvalue weighted by Gasteiger charge is 2.21. The Kier molecular flexibility index (Phi) is 5.87. The van der Waals surface area contributed by atoms with Gasteiger partial charge in [0.2, 0.25) is 0 Å². The fourth-order valence-electron chi connectivity index (χ4n) is 2.65. The first-order valence-electron chi connectivity index (χ1n) is 8.51. The van der Waals surface area contributed by atoms with E-state index in [0.29, 0.717) is 24.5 Å². The Morgan fingerprint density at radius 2 is 2.00 bits per heavy atom. The number of rotatable bonds is 5. The van der Waals surface area contributed by atoms with Crippen LogP contribution in [0.1, 0.15) is 26.7 Å². The molecule has 1 fully saturated rings. The van der Waals surface area contributed by atoms with Gasteiger partial charge in [-0.15, -0.1) is 5.10 Å². The van der Waals surface area contributed by atoms with Gasteiger partial charge in [0.1, 0.15) is 5.69 Å². The van der Waals surface area contributed by atoms with E-state index in [1.807, 2.05) is 35.7 Å². The van der Waals surface area contributed by atoms with Crippen molar-refractivity contribution in [2.45, 2.75) is 13.5 Å². The van der Waals surface area contributed by atoms with E-state index < -0.39 is 0 Å².